The lowest BCUT2D eigenvalue weighted by atomic mass is 9.87. The highest BCUT2D eigenvalue weighted by molar-refractivity contribution is 5.72. The quantitative estimate of drug-likeness (QED) is 0.638. The molecule has 3 nitrogen and oxygen atoms in total. The molecule has 64 valence electrons. The third kappa shape index (κ3) is 1.53. The van der Waals surface area contributed by atoms with Gasteiger partial charge in [0.25, 0.3) is 0 Å². The van der Waals surface area contributed by atoms with Crippen molar-refractivity contribution in [2.24, 2.45) is 17.6 Å². The summed E-state index contributed by atoms with van der Waals surface area (Å²) >= 11 is 0. The van der Waals surface area contributed by atoms with Gasteiger partial charge in [0.15, 0.2) is 0 Å². The van der Waals surface area contributed by atoms with E-state index in [1.807, 2.05) is 13.8 Å². The maximum atomic E-state index is 10.7. The Kier molecular flexibility index (Phi) is 1.92. The van der Waals surface area contributed by atoms with Crippen molar-refractivity contribution < 1.29 is 9.90 Å². The van der Waals surface area contributed by atoms with E-state index in [-0.39, 0.29) is 17.4 Å². The summed E-state index contributed by atoms with van der Waals surface area (Å²) in [7, 11) is 0. The summed E-state index contributed by atoms with van der Waals surface area (Å²) in [5.74, 6) is -0.970. The minimum absolute atomic E-state index is 0.139. The molecule has 0 spiro atoms. The molecule has 0 saturated heterocycles. The first-order valence-electron chi connectivity index (χ1n) is 3.99. The summed E-state index contributed by atoms with van der Waals surface area (Å²) in [6.45, 7) is 3.82. The van der Waals surface area contributed by atoms with E-state index in [9.17, 15) is 4.79 Å². The van der Waals surface area contributed by atoms with Crippen LogP contribution >= 0.6 is 0 Å². The molecule has 1 aliphatic rings. The summed E-state index contributed by atoms with van der Waals surface area (Å²) in [6, 6.07) is 0. The van der Waals surface area contributed by atoms with Gasteiger partial charge in [-0.1, -0.05) is 13.8 Å². The molecule has 11 heavy (non-hydrogen) atoms. The topological polar surface area (TPSA) is 63.3 Å². The molecule has 0 aromatic carbocycles. The van der Waals surface area contributed by atoms with E-state index in [1.165, 1.54) is 0 Å². The molecule has 1 unspecified atom stereocenters. The van der Waals surface area contributed by atoms with Crippen molar-refractivity contribution in [2.45, 2.75) is 32.2 Å². The molecular weight excluding hydrogens is 142 g/mol. The molecule has 3 heteroatoms. The largest absolute Gasteiger partial charge is 0.481 e. The Hall–Kier alpha value is -0.570. The fourth-order valence-electron chi connectivity index (χ4n) is 1.65. The van der Waals surface area contributed by atoms with Crippen LogP contribution in [0.25, 0.3) is 0 Å². The molecule has 0 bridgehead atoms. The zero-order valence-corrected chi connectivity index (χ0v) is 7.00. The van der Waals surface area contributed by atoms with Crippen LogP contribution in [-0.2, 0) is 4.79 Å². The third-order valence-electron chi connectivity index (χ3n) is 2.38. The monoisotopic (exact) mass is 157 g/mol. The van der Waals surface area contributed by atoms with Gasteiger partial charge in [0, 0.05) is 5.54 Å². The summed E-state index contributed by atoms with van der Waals surface area (Å²) in [6.07, 6.45) is 1.73. The van der Waals surface area contributed by atoms with Crippen LogP contribution in [0, 0.1) is 11.8 Å². The molecule has 1 atom stereocenters. The van der Waals surface area contributed by atoms with Crippen molar-refractivity contribution in [1.82, 2.24) is 0 Å². The van der Waals surface area contributed by atoms with Gasteiger partial charge in [0.2, 0.25) is 0 Å². The van der Waals surface area contributed by atoms with Gasteiger partial charge in [0.05, 0.1) is 5.92 Å². The Balaban J connectivity index is 2.68. The summed E-state index contributed by atoms with van der Waals surface area (Å²) in [5, 5.41) is 8.84. The van der Waals surface area contributed by atoms with Crippen LogP contribution in [0.5, 0.6) is 0 Å². The molecule has 0 amide bonds. The highest BCUT2D eigenvalue weighted by atomic mass is 16.4. The number of carboxylic acid groups (broad SMARTS) is 1. The van der Waals surface area contributed by atoms with Crippen molar-refractivity contribution >= 4 is 5.97 Å². The summed E-state index contributed by atoms with van der Waals surface area (Å²) in [4.78, 5) is 10.7. The molecule has 0 aliphatic heterocycles. The molecule has 0 radical (unpaired) electrons. The second-order valence-electron chi connectivity index (χ2n) is 3.79. The van der Waals surface area contributed by atoms with Crippen LogP contribution < -0.4 is 5.73 Å². The Morgan fingerprint density at radius 2 is 2.00 bits per heavy atom. The molecular formula is C8H15NO2. The minimum Gasteiger partial charge on any atom is -0.481 e. The van der Waals surface area contributed by atoms with E-state index >= 15 is 0 Å². The van der Waals surface area contributed by atoms with Crippen molar-refractivity contribution in [3.8, 4) is 0 Å². The van der Waals surface area contributed by atoms with Gasteiger partial charge in [-0.2, -0.15) is 0 Å². The average Bonchev–Trinajstić information content (AvgIpc) is 2.44. The fraction of sp³-hybridized carbons (Fsp3) is 0.875. The van der Waals surface area contributed by atoms with Gasteiger partial charge in [-0.05, 0) is 18.8 Å². The molecule has 1 rings (SSSR count). The average molecular weight is 157 g/mol. The highest BCUT2D eigenvalue weighted by Gasteiger charge is 2.50. The van der Waals surface area contributed by atoms with Gasteiger partial charge in [-0.3, -0.25) is 4.79 Å². The van der Waals surface area contributed by atoms with E-state index in [2.05, 4.69) is 0 Å². The zero-order chi connectivity index (χ0) is 8.65. The Morgan fingerprint density at radius 1 is 1.55 bits per heavy atom. The number of carbonyl (C=O) groups is 1. The number of hydrogen-bond acceptors (Lipinski definition) is 2. The Bertz CT molecular complexity index is 173. The van der Waals surface area contributed by atoms with E-state index < -0.39 is 5.97 Å². The van der Waals surface area contributed by atoms with Crippen LogP contribution in [0.4, 0.5) is 0 Å². The number of carboxylic acids is 1. The predicted molar refractivity (Wildman–Crippen MR) is 42.1 cm³/mol. The molecule has 1 aliphatic carbocycles. The molecule has 1 saturated carbocycles. The second kappa shape index (κ2) is 2.48. The first kappa shape index (κ1) is 8.53. The molecule has 0 aromatic rings. The number of aliphatic carboxylic acids is 1. The minimum atomic E-state index is -0.750. The summed E-state index contributed by atoms with van der Waals surface area (Å²) < 4.78 is 0. The Morgan fingerprint density at radius 3 is 2.09 bits per heavy atom. The van der Waals surface area contributed by atoms with Crippen LogP contribution in [0.2, 0.25) is 0 Å². The lowest BCUT2D eigenvalue weighted by Crippen LogP contribution is -2.40. The third-order valence-corrected chi connectivity index (χ3v) is 2.38. The maximum absolute atomic E-state index is 10.7. The standard InChI is InChI=1S/C8H15NO2/c1-5(2)6(7(10)11)8(9)3-4-8/h5-6H,3-4,9H2,1-2H3,(H,10,11). The van der Waals surface area contributed by atoms with Gasteiger partial charge >= 0.3 is 5.97 Å². The number of hydrogen-bond donors (Lipinski definition) is 2. The van der Waals surface area contributed by atoms with Gasteiger partial charge in [-0.25, -0.2) is 0 Å². The van der Waals surface area contributed by atoms with Crippen molar-refractivity contribution in [2.75, 3.05) is 0 Å². The van der Waals surface area contributed by atoms with Gasteiger partial charge in [-0.15, -0.1) is 0 Å². The highest BCUT2D eigenvalue weighted by Crippen LogP contribution is 2.42. The maximum Gasteiger partial charge on any atom is 0.308 e. The lowest BCUT2D eigenvalue weighted by Gasteiger charge is -2.22. The SMILES string of the molecule is CC(C)C(C(=O)O)C1(N)CC1. The van der Waals surface area contributed by atoms with Gasteiger partial charge < -0.3 is 10.8 Å². The van der Waals surface area contributed by atoms with Gasteiger partial charge in [0.1, 0.15) is 0 Å². The first-order valence-corrected chi connectivity index (χ1v) is 3.99. The Labute approximate surface area is 66.6 Å². The van der Waals surface area contributed by atoms with Crippen LogP contribution in [0.3, 0.4) is 0 Å². The smallest absolute Gasteiger partial charge is 0.308 e. The first-order chi connectivity index (χ1) is 4.97. The predicted octanol–water partition coefficient (Wildman–Crippen LogP) is 0.834. The molecule has 0 aromatic heterocycles. The van der Waals surface area contributed by atoms with Crippen molar-refractivity contribution in [1.29, 1.82) is 0 Å². The van der Waals surface area contributed by atoms with Crippen LogP contribution in [0.1, 0.15) is 26.7 Å². The molecule has 3 N–H and O–H groups in total. The fourth-order valence-corrected chi connectivity index (χ4v) is 1.65. The zero-order valence-electron chi connectivity index (χ0n) is 7.00. The van der Waals surface area contributed by atoms with E-state index in [4.69, 9.17) is 10.8 Å². The lowest BCUT2D eigenvalue weighted by molar-refractivity contribution is -0.144. The van der Waals surface area contributed by atoms with Crippen LogP contribution in [-0.4, -0.2) is 16.6 Å². The number of nitrogens with two attached hydrogens (primary N) is 1. The number of rotatable bonds is 3. The van der Waals surface area contributed by atoms with E-state index in [0.717, 1.165) is 12.8 Å². The van der Waals surface area contributed by atoms with Crippen molar-refractivity contribution in [3.63, 3.8) is 0 Å². The molecule has 1 fully saturated rings. The van der Waals surface area contributed by atoms with Crippen LogP contribution in [0.15, 0.2) is 0 Å². The van der Waals surface area contributed by atoms with E-state index in [1.54, 1.807) is 0 Å². The van der Waals surface area contributed by atoms with E-state index in [0.29, 0.717) is 0 Å². The second-order valence-corrected chi connectivity index (χ2v) is 3.79. The summed E-state index contributed by atoms with van der Waals surface area (Å²) in [5.41, 5.74) is 5.42. The molecule has 0 heterocycles. The normalized spacial score (nSPS) is 23.3. The van der Waals surface area contributed by atoms with Crippen molar-refractivity contribution in [3.05, 3.63) is 0 Å².